The highest BCUT2D eigenvalue weighted by Gasteiger charge is 2.25. The zero-order chi connectivity index (χ0) is 16.9. The Morgan fingerprint density at radius 1 is 1.46 bits per heavy atom. The van der Waals surface area contributed by atoms with Crippen molar-refractivity contribution >= 4 is 5.91 Å². The lowest BCUT2D eigenvalue weighted by Crippen LogP contribution is -2.42. The summed E-state index contributed by atoms with van der Waals surface area (Å²) in [5.41, 5.74) is 2.29. The number of H-pyrrole nitrogens is 1. The van der Waals surface area contributed by atoms with Crippen molar-refractivity contribution in [3.8, 4) is 5.75 Å². The smallest absolute Gasteiger partial charge is 0.260 e. The number of carbonyl (C=O) groups excluding carboxylic acids is 1. The Hall–Kier alpha value is -2.37. The molecule has 1 saturated heterocycles. The van der Waals surface area contributed by atoms with Gasteiger partial charge in [-0.1, -0.05) is 12.1 Å². The molecule has 1 atom stereocenters. The van der Waals surface area contributed by atoms with Gasteiger partial charge in [-0.05, 0) is 49.8 Å². The highest BCUT2D eigenvalue weighted by atomic mass is 19.1. The molecule has 0 bridgehead atoms. The van der Waals surface area contributed by atoms with Gasteiger partial charge in [-0.2, -0.15) is 5.10 Å². The molecule has 0 unspecified atom stereocenters. The van der Waals surface area contributed by atoms with Crippen LogP contribution in [0.3, 0.4) is 0 Å². The lowest BCUT2D eigenvalue weighted by atomic mass is 9.92. The van der Waals surface area contributed by atoms with Crippen LogP contribution in [-0.4, -0.2) is 40.7 Å². The predicted octanol–water partition coefficient (Wildman–Crippen LogP) is 2.72. The van der Waals surface area contributed by atoms with E-state index in [1.165, 1.54) is 12.1 Å². The van der Waals surface area contributed by atoms with Gasteiger partial charge < -0.3 is 9.64 Å². The van der Waals surface area contributed by atoms with Crippen LogP contribution in [0.5, 0.6) is 5.75 Å². The van der Waals surface area contributed by atoms with Crippen LogP contribution in [0.25, 0.3) is 0 Å². The van der Waals surface area contributed by atoms with E-state index in [9.17, 15) is 9.18 Å². The number of amides is 1. The summed E-state index contributed by atoms with van der Waals surface area (Å²) in [6.07, 6.45) is 4.78. The van der Waals surface area contributed by atoms with Gasteiger partial charge in [-0.15, -0.1) is 0 Å². The number of halogens is 1. The molecule has 1 N–H and O–H groups in total. The van der Waals surface area contributed by atoms with E-state index < -0.39 is 5.82 Å². The molecule has 128 valence electrons. The molecule has 1 aromatic carbocycles. The molecule has 0 radical (unpaired) electrons. The van der Waals surface area contributed by atoms with Crippen molar-refractivity contribution in [2.75, 3.05) is 19.7 Å². The fourth-order valence-electron chi connectivity index (χ4n) is 3.12. The molecule has 1 aromatic heterocycles. The van der Waals surface area contributed by atoms with Gasteiger partial charge in [0.1, 0.15) is 0 Å². The lowest BCUT2D eigenvalue weighted by molar-refractivity contribution is -0.135. The number of nitrogens with zero attached hydrogens (tertiary/aromatic N) is 2. The molecule has 3 rings (SSSR count). The molecule has 1 aliphatic rings. The van der Waals surface area contributed by atoms with Crippen molar-refractivity contribution in [2.24, 2.45) is 5.92 Å². The van der Waals surface area contributed by atoms with E-state index in [2.05, 4.69) is 10.2 Å². The first-order valence-electron chi connectivity index (χ1n) is 8.27. The third-order valence-corrected chi connectivity index (χ3v) is 4.49. The van der Waals surface area contributed by atoms with Gasteiger partial charge in [0.2, 0.25) is 0 Å². The third-order valence-electron chi connectivity index (χ3n) is 4.49. The van der Waals surface area contributed by atoms with E-state index in [4.69, 9.17) is 4.74 Å². The first-order chi connectivity index (χ1) is 11.6. The predicted molar refractivity (Wildman–Crippen MR) is 88.2 cm³/mol. The SMILES string of the molecule is Cc1cn[nH]c1C[C@@H]1CCCN(C(=O)COc2ccccc2F)C1. The van der Waals surface area contributed by atoms with Crippen LogP contribution in [0.2, 0.25) is 0 Å². The molecule has 5 nitrogen and oxygen atoms in total. The normalized spacial score (nSPS) is 17.8. The van der Waals surface area contributed by atoms with E-state index in [0.717, 1.165) is 37.1 Å². The first kappa shape index (κ1) is 16.5. The monoisotopic (exact) mass is 331 g/mol. The van der Waals surface area contributed by atoms with Crippen LogP contribution < -0.4 is 4.74 Å². The highest BCUT2D eigenvalue weighted by Crippen LogP contribution is 2.22. The summed E-state index contributed by atoms with van der Waals surface area (Å²) in [6.45, 7) is 3.35. The van der Waals surface area contributed by atoms with Crippen molar-refractivity contribution in [3.05, 3.63) is 47.5 Å². The number of benzene rings is 1. The van der Waals surface area contributed by atoms with Gasteiger partial charge in [-0.3, -0.25) is 9.89 Å². The quantitative estimate of drug-likeness (QED) is 0.916. The number of aromatic amines is 1. The average molecular weight is 331 g/mol. The van der Waals surface area contributed by atoms with Crippen LogP contribution in [0, 0.1) is 18.7 Å². The standard InChI is InChI=1S/C18H22FN3O2/c1-13-10-20-21-16(13)9-14-5-4-8-22(11-14)18(23)12-24-17-7-3-2-6-15(17)19/h2-3,6-7,10,14H,4-5,8-9,11-12H2,1H3,(H,20,21)/t14-/m0/s1. The van der Waals surface area contributed by atoms with Crippen LogP contribution in [0.4, 0.5) is 4.39 Å². The molecule has 1 fully saturated rings. The molecule has 1 amide bonds. The molecular weight excluding hydrogens is 309 g/mol. The molecule has 6 heteroatoms. The van der Waals surface area contributed by atoms with Crippen molar-refractivity contribution in [3.63, 3.8) is 0 Å². The number of likely N-dealkylation sites (tertiary alicyclic amines) is 1. The molecule has 2 heterocycles. The Bertz CT molecular complexity index is 701. The highest BCUT2D eigenvalue weighted by molar-refractivity contribution is 5.77. The molecule has 2 aromatic rings. The van der Waals surface area contributed by atoms with Gasteiger partial charge in [0.05, 0.1) is 6.20 Å². The number of hydrogen-bond acceptors (Lipinski definition) is 3. The number of ether oxygens (including phenoxy) is 1. The Balaban J connectivity index is 1.53. The second-order valence-electron chi connectivity index (χ2n) is 6.30. The van der Waals surface area contributed by atoms with Crippen LogP contribution >= 0.6 is 0 Å². The molecule has 24 heavy (non-hydrogen) atoms. The molecule has 1 aliphatic heterocycles. The number of hydrogen-bond donors (Lipinski definition) is 1. The number of aromatic nitrogens is 2. The van der Waals surface area contributed by atoms with Gasteiger partial charge in [0.15, 0.2) is 18.2 Å². The van der Waals surface area contributed by atoms with Crippen LogP contribution in [0.1, 0.15) is 24.1 Å². The second kappa shape index (κ2) is 7.47. The van der Waals surface area contributed by atoms with E-state index in [-0.39, 0.29) is 18.3 Å². The lowest BCUT2D eigenvalue weighted by Gasteiger charge is -2.32. The molecule has 0 spiro atoms. The summed E-state index contributed by atoms with van der Waals surface area (Å²) < 4.78 is 18.9. The minimum atomic E-state index is -0.448. The Kier molecular flexibility index (Phi) is 5.13. The summed E-state index contributed by atoms with van der Waals surface area (Å²) in [5, 5.41) is 7.08. The number of carbonyl (C=O) groups is 1. The summed E-state index contributed by atoms with van der Waals surface area (Å²) in [4.78, 5) is 14.2. The first-order valence-corrected chi connectivity index (χ1v) is 8.27. The number of piperidine rings is 1. The zero-order valence-electron chi connectivity index (χ0n) is 13.8. The van der Waals surface area contributed by atoms with Crippen molar-refractivity contribution in [1.82, 2.24) is 15.1 Å². The maximum Gasteiger partial charge on any atom is 0.260 e. The van der Waals surface area contributed by atoms with Crippen molar-refractivity contribution < 1.29 is 13.9 Å². The molecule has 0 aliphatic carbocycles. The third kappa shape index (κ3) is 3.93. The number of para-hydroxylation sites is 1. The average Bonchev–Trinajstić information content (AvgIpc) is 2.99. The largest absolute Gasteiger partial charge is 0.481 e. The minimum absolute atomic E-state index is 0.0933. The van der Waals surface area contributed by atoms with E-state index in [1.54, 1.807) is 12.1 Å². The minimum Gasteiger partial charge on any atom is -0.481 e. The fraction of sp³-hybridized carbons (Fsp3) is 0.444. The topological polar surface area (TPSA) is 58.2 Å². The number of rotatable bonds is 5. The van der Waals surface area contributed by atoms with Crippen LogP contribution in [-0.2, 0) is 11.2 Å². The maximum atomic E-state index is 13.5. The van der Waals surface area contributed by atoms with Gasteiger partial charge in [0.25, 0.3) is 5.91 Å². The summed E-state index contributed by atoms with van der Waals surface area (Å²) in [7, 11) is 0. The van der Waals surface area contributed by atoms with Gasteiger partial charge >= 0.3 is 0 Å². The Morgan fingerprint density at radius 2 is 2.29 bits per heavy atom. The molecule has 0 saturated carbocycles. The van der Waals surface area contributed by atoms with E-state index in [0.29, 0.717) is 12.5 Å². The van der Waals surface area contributed by atoms with Gasteiger partial charge in [0, 0.05) is 18.8 Å². The number of nitrogens with one attached hydrogen (secondary N) is 1. The van der Waals surface area contributed by atoms with E-state index >= 15 is 0 Å². The maximum absolute atomic E-state index is 13.5. The van der Waals surface area contributed by atoms with E-state index in [1.807, 2.05) is 18.0 Å². The van der Waals surface area contributed by atoms with Crippen molar-refractivity contribution in [1.29, 1.82) is 0 Å². The summed E-state index contributed by atoms with van der Waals surface area (Å²) in [6, 6.07) is 6.13. The number of aryl methyl sites for hydroxylation is 1. The Morgan fingerprint density at radius 3 is 3.04 bits per heavy atom. The fourth-order valence-corrected chi connectivity index (χ4v) is 3.12. The molecular formula is C18H22FN3O2. The Labute approximate surface area is 140 Å². The van der Waals surface area contributed by atoms with Crippen molar-refractivity contribution in [2.45, 2.75) is 26.2 Å². The second-order valence-corrected chi connectivity index (χ2v) is 6.30. The van der Waals surface area contributed by atoms with Gasteiger partial charge in [-0.25, -0.2) is 4.39 Å². The summed E-state index contributed by atoms with van der Waals surface area (Å²) >= 11 is 0. The summed E-state index contributed by atoms with van der Waals surface area (Å²) in [5.74, 6) is -0.0105. The zero-order valence-corrected chi connectivity index (χ0v) is 13.8. The van der Waals surface area contributed by atoms with Crippen LogP contribution in [0.15, 0.2) is 30.5 Å².